The maximum absolute atomic E-state index is 13.9. The molecule has 2 aromatic rings. The van der Waals surface area contributed by atoms with Gasteiger partial charge < -0.3 is 37.1 Å². The number of thiophene rings is 1. The molecule has 5 amide bonds. The number of halogens is 2. The number of amides is 5. The molecule has 0 aliphatic heterocycles. The van der Waals surface area contributed by atoms with E-state index in [9.17, 15) is 37.5 Å². The molecule has 7 N–H and O–H groups in total. The first-order valence-electron chi connectivity index (χ1n) is 16.8. The average molecular weight is 737 g/mol. The number of ether oxygens (including phenoxy) is 1. The normalized spacial score (nSPS) is 13.6. The van der Waals surface area contributed by atoms with Gasteiger partial charge in [0, 0.05) is 13.1 Å². The molecule has 0 bridgehead atoms. The summed E-state index contributed by atoms with van der Waals surface area (Å²) in [6, 6.07) is 0.488. The molecule has 0 aliphatic carbocycles. The second-order valence-corrected chi connectivity index (χ2v) is 14.2. The minimum atomic E-state index is -1.10. The minimum absolute atomic E-state index is 0.0124. The Balaban J connectivity index is 2.11. The van der Waals surface area contributed by atoms with Crippen molar-refractivity contribution in [3.8, 4) is 0 Å². The van der Waals surface area contributed by atoms with E-state index in [1.54, 1.807) is 48.5 Å². The molecule has 0 fully saturated rings. The molecule has 16 heteroatoms. The molecule has 1 unspecified atom stereocenters. The van der Waals surface area contributed by atoms with Crippen LogP contribution in [0.4, 0.5) is 13.8 Å². The van der Waals surface area contributed by atoms with Gasteiger partial charge in [0.05, 0.1) is 29.5 Å². The van der Waals surface area contributed by atoms with Gasteiger partial charge >= 0.3 is 5.97 Å². The first kappa shape index (κ1) is 42.7. The van der Waals surface area contributed by atoms with E-state index in [0.717, 1.165) is 30.6 Å². The number of benzene rings is 1. The molecule has 0 spiro atoms. The topological polar surface area (TPSA) is 198 Å². The van der Waals surface area contributed by atoms with Crippen LogP contribution in [-0.2, 0) is 23.9 Å². The van der Waals surface area contributed by atoms with Gasteiger partial charge in [-0.05, 0) is 54.4 Å². The van der Waals surface area contributed by atoms with Crippen molar-refractivity contribution in [2.45, 2.75) is 85.9 Å². The Bertz CT molecular complexity index is 1600. The Morgan fingerprint density at radius 2 is 1.37 bits per heavy atom. The SMILES string of the molecule is CCC(C(=O)Nc1sc(C(=O)NCCNC(=O)[C@@H](NC(=O)[C@@H](NC(=O)[C@@H](N)C(C)C)C(C)C)C(C)C)c(C)c1C(=O)OC)c1ccc(F)c(F)c1. The highest BCUT2D eigenvalue weighted by atomic mass is 32.1. The van der Waals surface area contributed by atoms with Crippen molar-refractivity contribution >= 4 is 51.8 Å². The third kappa shape index (κ3) is 11.3. The number of hydrogen-bond donors (Lipinski definition) is 6. The maximum Gasteiger partial charge on any atom is 0.341 e. The molecule has 0 saturated carbocycles. The first-order valence-corrected chi connectivity index (χ1v) is 17.6. The summed E-state index contributed by atoms with van der Waals surface area (Å²) in [5.41, 5.74) is 6.38. The Labute approximate surface area is 301 Å². The fourth-order valence-corrected chi connectivity index (χ4v) is 6.20. The zero-order chi connectivity index (χ0) is 38.7. The van der Waals surface area contributed by atoms with Crippen LogP contribution >= 0.6 is 11.3 Å². The fourth-order valence-electron chi connectivity index (χ4n) is 5.08. The van der Waals surface area contributed by atoms with Crippen LogP contribution in [0.15, 0.2) is 18.2 Å². The number of hydrogen-bond acceptors (Lipinski definition) is 9. The zero-order valence-corrected chi connectivity index (χ0v) is 31.3. The van der Waals surface area contributed by atoms with Crippen LogP contribution < -0.4 is 32.3 Å². The Hall–Kier alpha value is -4.44. The monoisotopic (exact) mass is 736 g/mol. The molecule has 0 aliphatic rings. The molecule has 1 aromatic carbocycles. The number of rotatable bonds is 17. The number of nitrogens with two attached hydrogens (primary N) is 1. The molecule has 0 radical (unpaired) electrons. The standard InChI is InChI=1S/C35H50F2N6O7S/c1-10-21(20-11-12-22(36)23(37)15-20)29(44)43-34-24(35(49)50-9)19(8)28(51-34)33(48)40-14-13-39-31(46)26(17(4)5)42-32(47)27(18(6)7)41-30(45)25(38)16(2)3/h11-12,15-18,21,25-27H,10,13-14,38H2,1-9H3,(H,39,46)(H,40,48)(H,41,45)(H,42,47)(H,43,44)/t21?,25-,26-,27-/m0/s1. The van der Waals surface area contributed by atoms with E-state index in [0.29, 0.717) is 0 Å². The number of esters is 1. The fraction of sp³-hybridized carbons (Fsp3) is 0.543. The molecule has 1 heterocycles. The van der Waals surface area contributed by atoms with Gasteiger partial charge in [-0.3, -0.25) is 24.0 Å². The van der Waals surface area contributed by atoms with E-state index in [-0.39, 0.29) is 63.8 Å². The minimum Gasteiger partial charge on any atom is -0.465 e. The highest BCUT2D eigenvalue weighted by Crippen LogP contribution is 2.35. The summed E-state index contributed by atoms with van der Waals surface area (Å²) in [4.78, 5) is 78.1. The van der Waals surface area contributed by atoms with Crippen molar-refractivity contribution < 1.29 is 42.3 Å². The lowest BCUT2D eigenvalue weighted by Crippen LogP contribution is -2.59. The number of nitrogens with one attached hydrogen (secondary N) is 5. The van der Waals surface area contributed by atoms with Gasteiger partial charge in [0.2, 0.25) is 23.6 Å². The van der Waals surface area contributed by atoms with Gasteiger partial charge in [-0.2, -0.15) is 0 Å². The van der Waals surface area contributed by atoms with E-state index < -0.39 is 71.2 Å². The van der Waals surface area contributed by atoms with Gasteiger partial charge in [-0.15, -0.1) is 11.3 Å². The lowest BCUT2D eigenvalue weighted by molar-refractivity contribution is -0.134. The molecule has 51 heavy (non-hydrogen) atoms. The lowest BCUT2D eigenvalue weighted by atomic mass is 9.95. The first-order chi connectivity index (χ1) is 23.9. The van der Waals surface area contributed by atoms with Crippen molar-refractivity contribution in [3.05, 3.63) is 51.4 Å². The Morgan fingerprint density at radius 1 is 0.804 bits per heavy atom. The summed E-state index contributed by atoms with van der Waals surface area (Å²) >= 11 is 0.836. The zero-order valence-electron chi connectivity index (χ0n) is 30.5. The molecular formula is C35H50F2N6O7S. The molecule has 13 nitrogen and oxygen atoms in total. The molecule has 282 valence electrons. The number of anilines is 1. The second kappa shape index (κ2) is 19.2. The summed E-state index contributed by atoms with van der Waals surface area (Å²) in [5, 5.41) is 13.4. The molecule has 1 aromatic heterocycles. The summed E-state index contributed by atoms with van der Waals surface area (Å²) < 4.78 is 32.3. The average Bonchev–Trinajstić information content (AvgIpc) is 3.39. The molecule has 0 saturated heterocycles. The van der Waals surface area contributed by atoms with Crippen LogP contribution in [0.1, 0.15) is 92.0 Å². The predicted octanol–water partition coefficient (Wildman–Crippen LogP) is 3.36. The lowest BCUT2D eigenvalue weighted by Gasteiger charge is -2.28. The van der Waals surface area contributed by atoms with Crippen molar-refractivity contribution in [1.29, 1.82) is 0 Å². The third-order valence-electron chi connectivity index (χ3n) is 8.27. The van der Waals surface area contributed by atoms with Crippen molar-refractivity contribution in [1.82, 2.24) is 21.3 Å². The van der Waals surface area contributed by atoms with Crippen molar-refractivity contribution in [2.24, 2.45) is 23.5 Å². The van der Waals surface area contributed by atoms with Gasteiger partial charge in [0.25, 0.3) is 5.91 Å². The van der Waals surface area contributed by atoms with Gasteiger partial charge in [0.1, 0.15) is 17.1 Å². The second-order valence-electron chi connectivity index (χ2n) is 13.2. The summed E-state index contributed by atoms with van der Waals surface area (Å²) in [7, 11) is 1.15. The highest BCUT2D eigenvalue weighted by Gasteiger charge is 2.32. The number of carbonyl (C=O) groups excluding carboxylic acids is 6. The van der Waals surface area contributed by atoms with Crippen LogP contribution in [0.3, 0.4) is 0 Å². The Morgan fingerprint density at radius 3 is 1.90 bits per heavy atom. The van der Waals surface area contributed by atoms with Gasteiger partial charge in [-0.25, -0.2) is 13.6 Å². The van der Waals surface area contributed by atoms with Crippen LogP contribution in [0.2, 0.25) is 0 Å². The highest BCUT2D eigenvalue weighted by molar-refractivity contribution is 7.18. The van der Waals surface area contributed by atoms with Crippen LogP contribution in [-0.4, -0.2) is 73.8 Å². The molecule has 2 rings (SSSR count). The van der Waals surface area contributed by atoms with E-state index in [2.05, 4.69) is 26.6 Å². The van der Waals surface area contributed by atoms with Crippen molar-refractivity contribution in [3.63, 3.8) is 0 Å². The smallest absolute Gasteiger partial charge is 0.341 e. The van der Waals surface area contributed by atoms with Crippen molar-refractivity contribution in [2.75, 3.05) is 25.5 Å². The molecule has 4 atom stereocenters. The van der Waals surface area contributed by atoms with Crippen LogP contribution in [0.25, 0.3) is 0 Å². The maximum atomic E-state index is 13.9. The number of methoxy groups -OCH3 is 1. The van der Waals surface area contributed by atoms with Gasteiger partial charge in [-0.1, -0.05) is 54.5 Å². The van der Waals surface area contributed by atoms with E-state index in [1.807, 2.05) is 0 Å². The quantitative estimate of drug-likeness (QED) is 0.105. The predicted molar refractivity (Wildman–Crippen MR) is 190 cm³/mol. The largest absolute Gasteiger partial charge is 0.465 e. The van der Waals surface area contributed by atoms with Gasteiger partial charge in [0.15, 0.2) is 11.6 Å². The number of carbonyl (C=O) groups is 6. The van der Waals surface area contributed by atoms with E-state index in [1.165, 1.54) is 13.0 Å². The van der Waals surface area contributed by atoms with Crippen LogP contribution in [0.5, 0.6) is 0 Å². The van der Waals surface area contributed by atoms with E-state index >= 15 is 0 Å². The third-order valence-corrected chi connectivity index (χ3v) is 9.48. The molecular weight excluding hydrogens is 686 g/mol. The van der Waals surface area contributed by atoms with Crippen LogP contribution in [0, 0.1) is 36.3 Å². The summed E-state index contributed by atoms with van der Waals surface area (Å²) in [6.07, 6.45) is 0.233. The summed E-state index contributed by atoms with van der Waals surface area (Å²) in [5.74, 6) is -7.29. The Kier molecular flexibility index (Phi) is 16.1. The summed E-state index contributed by atoms with van der Waals surface area (Å²) in [6.45, 7) is 13.8. The van der Waals surface area contributed by atoms with E-state index in [4.69, 9.17) is 10.5 Å².